The summed E-state index contributed by atoms with van der Waals surface area (Å²) in [5.41, 5.74) is 2.01. The number of benzene rings is 2. The average Bonchev–Trinajstić information content (AvgIpc) is 2.96. The molecule has 0 saturated carbocycles. The highest BCUT2D eigenvalue weighted by Crippen LogP contribution is 2.23. The summed E-state index contributed by atoms with van der Waals surface area (Å²) in [6.45, 7) is 5.23. The first-order chi connectivity index (χ1) is 11.9. The second-order valence-corrected chi connectivity index (χ2v) is 8.06. The molecule has 25 heavy (non-hydrogen) atoms. The number of hydrogen-bond donors (Lipinski definition) is 1. The molecule has 3 aromatic rings. The molecule has 0 aliphatic rings. The number of rotatable bonds is 5. The smallest absolute Gasteiger partial charge is 0.261 e. The number of sulfonamides is 1. The van der Waals surface area contributed by atoms with E-state index >= 15 is 0 Å². The Kier molecular flexibility index (Phi) is 4.51. The Bertz CT molecular complexity index is 1040. The zero-order valence-electron chi connectivity index (χ0n) is 14.1. The molecule has 128 valence electrons. The van der Waals surface area contributed by atoms with E-state index in [2.05, 4.69) is 23.1 Å². The number of nitriles is 1. The van der Waals surface area contributed by atoms with Gasteiger partial charge in [0.05, 0.1) is 16.5 Å². The van der Waals surface area contributed by atoms with Crippen LogP contribution in [0.3, 0.4) is 0 Å². The molecule has 0 unspecified atom stereocenters. The topological polar surface area (TPSA) is 74.9 Å². The van der Waals surface area contributed by atoms with E-state index in [0.717, 1.165) is 17.4 Å². The molecule has 0 fully saturated rings. The van der Waals surface area contributed by atoms with Gasteiger partial charge in [-0.15, -0.1) is 0 Å². The fourth-order valence-electron chi connectivity index (χ4n) is 2.74. The second kappa shape index (κ2) is 6.61. The quantitative estimate of drug-likeness (QED) is 0.754. The van der Waals surface area contributed by atoms with Crippen molar-refractivity contribution in [3.8, 4) is 6.07 Å². The number of aromatic nitrogens is 1. The molecule has 0 amide bonds. The number of nitrogens with one attached hydrogen (secondary N) is 1. The van der Waals surface area contributed by atoms with Gasteiger partial charge in [-0.2, -0.15) is 5.26 Å². The monoisotopic (exact) mass is 353 g/mol. The van der Waals surface area contributed by atoms with Crippen LogP contribution < -0.4 is 4.72 Å². The van der Waals surface area contributed by atoms with Gasteiger partial charge in [0.2, 0.25) is 0 Å². The predicted octanol–water partition coefficient (Wildman–Crippen LogP) is 3.97. The first-order valence-electron chi connectivity index (χ1n) is 8.01. The van der Waals surface area contributed by atoms with Crippen LogP contribution in [-0.4, -0.2) is 13.0 Å². The largest absolute Gasteiger partial charge is 0.347 e. The molecule has 0 spiro atoms. The molecule has 0 saturated heterocycles. The van der Waals surface area contributed by atoms with Crippen LogP contribution in [0.4, 0.5) is 5.69 Å². The van der Waals surface area contributed by atoms with Crippen LogP contribution in [0.1, 0.15) is 19.4 Å². The Balaban J connectivity index is 1.87. The van der Waals surface area contributed by atoms with Crippen molar-refractivity contribution in [2.24, 2.45) is 5.92 Å². The van der Waals surface area contributed by atoms with Crippen LogP contribution in [0.15, 0.2) is 59.6 Å². The first-order valence-corrected chi connectivity index (χ1v) is 9.49. The SMILES string of the molecule is CC(C)Cn1ccc2cc(NS(=O)(=O)c3ccc(C#N)cc3)ccc21. The molecule has 0 aliphatic heterocycles. The molecular weight excluding hydrogens is 334 g/mol. The molecule has 3 rings (SSSR count). The molecule has 1 aromatic heterocycles. The molecule has 0 aliphatic carbocycles. The Morgan fingerprint density at radius 3 is 2.48 bits per heavy atom. The third-order valence-electron chi connectivity index (χ3n) is 3.88. The highest BCUT2D eigenvalue weighted by molar-refractivity contribution is 7.92. The highest BCUT2D eigenvalue weighted by atomic mass is 32.2. The molecule has 0 radical (unpaired) electrons. The molecule has 1 N–H and O–H groups in total. The molecule has 0 bridgehead atoms. The number of anilines is 1. The Labute approximate surface area is 147 Å². The molecule has 0 atom stereocenters. The fraction of sp³-hybridized carbons (Fsp3) is 0.211. The van der Waals surface area contributed by atoms with Crippen LogP contribution in [0.2, 0.25) is 0 Å². The van der Waals surface area contributed by atoms with Crippen molar-refractivity contribution in [1.29, 1.82) is 5.26 Å². The predicted molar refractivity (Wildman–Crippen MR) is 98.7 cm³/mol. The zero-order valence-corrected chi connectivity index (χ0v) is 14.9. The number of fused-ring (bicyclic) bond motifs is 1. The van der Waals surface area contributed by atoms with E-state index in [1.165, 1.54) is 24.3 Å². The summed E-state index contributed by atoms with van der Waals surface area (Å²) in [6.07, 6.45) is 2.02. The Morgan fingerprint density at radius 2 is 1.84 bits per heavy atom. The van der Waals surface area contributed by atoms with Crippen LogP contribution in [-0.2, 0) is 16.6 Å². The van der Waals surface area contributed by atoms with Crippen molar-refractivity contribution in [3.05, 3.63) is 60.3 Å². The van der Waals surface area contributed by atoms with Gasteiger partial charge in [0.1, 0.15) is 0 Å². The van der Waals surface area contributed by atoms with Crippen molar-refractivity contribution in [2.45, 2.75) is 25.3 Å². The van der Waals surface area contributed by atoms with E-state index in [4.69, 9.17) is 5.26 Å². The standard InChI is InChI=1S/C19H19N3O2S/c1-14(2)13-22-10-9-16-11-17(5-8-19(16)22)21-25(23,24)18-6-3-15(12-20)4-7-18/h3-11,14,21H,13H2,1-2H3. The van der Waals surface area contributed by atoms with Gasteiger partial charge in [-0.25, -0.2) is 8.42 Å². The summed E-state index contributed by atoms with van der Waals surface area (Å²) in [4.78, 5) is 0.129. The normalized spacial score (nSPS) is 11.6. The number of nitrogens with zero attached hydrogens (tertiary/aromatic N) is 2. The summed E-state index contributed by atoms with van der Waals surface area (Å²) >= 11 is 0. The summed E-state index contributed by atoms with van der Waals surface area (Å²) in [5.74, 6) is 0.533. The van der Waals surface area contributed by atoms with Gasteiger partial charge in [0.25, 0.3) is 10.0 Å². The third kappa shape index (κ3) is 3.67. The van der Waals surface area contributed by atoms with Crippen molar-refractivity contribution in [3.63, 3.8) is 0 Å². The molecular formula is C19H19N3O2S. The Morgan fingerprint density at radius 1 is 1.12 bits per heavy atom. The highest BCUT2D eigenvalue weighted by Gasteiger charge is 2.14. The first kappa shape index (κ1) is 17.1. The number of hydrogen-bond acceptors (Lipinski definition) is 3. The van der Waals surface area contributed by atoms with Gasteiger partial charge >= 0.3 is 0 Å². The maximum atomic E-state index is 12.5. The lowest BCUT2D eigenvalue weighted by Gasteiger charge is -2.10. The van der Waals surface area contributed by atoms with Gasteiger partial charge in [-0.3, -0.25) is 4.72 Å². The maximum absolute atomic E-state index is 12.5. The van der Waals surface area contributed by atoms with Gasteiger partial charge < -0.3 is 4.57 Å². The van der Waals surface area contributed by atoms with Gasteiger partial charge in [-0.1, -0.05) is 13.8 Å². The minimum atomic E-state index is -3.69. The second-order valence-electron chi connectivity index (χ2n) is 6.38. The van der Waals surface area contributed by atoms with E-state index < -0.39 is 10.0 Å². The van der Waals surface area contributed by atoms with Crippen molar-refractivity contribution in [1.82, 2.24) is 4.57 Å². The minimum absolute atomic E-state index is 0.129. The lowest BCUT2D eigenvalue weighted by molar-refractivity contribution is 0.535. The minimum Gasteiger partial charge on any atom is -0.347 e. The van der Waals surface area contributed by atoms with Crippen molar-refractivity contribution in [2.75, 3.05) is 4.72 Å². The molecule has 6 heteroatoms. The van der Waals surface area contributed by atoms with Crippen LogP contribution in [0.5, 0.6) is 0 Å². The van der Waals surface area contributed by atoms with E-state index in [1.54, 1.807) is 6.07 Å². The van der Waals surface area contributed by atoms with E-state index in [-0.39, 0.29) is 4.90 Å². The summed E-state index contributed by atoms with van der Waals surface area (Å²) < 4.78 is 29.7. The summed E-state index contributed by atoms with van der Waals surface area (Å²) in [6, 6.07) is 15.3. The van der Waals surface area contributed by atoms with Crippen molar-refractivity contribution < 1.29 is 8.42 Å². The summed E-state index contributed by atoms with van der Waals surface area (Å²) in [5, 5.41) is 9.79. The van der Waals surface area contributed by atoms with Crippen LogP contribution >= 0.6 is 0 Å². The molecule has 1 heterocycles. The lowest BCUT2D eigenvalue weighted by Crippen LogP contribution is -2.12. The maximum Gasteiger partial charge on any atom is 0.261 e. The average molecular weight is 353 g/mol. The van der Waals surface area contributed by atoms with Crippen LogP contribution in [0.25, 0.3) is 10.9 Å². The third-order valence-corrected chi connectivity index (χ3v) is 5.28. The van der Waals surface area contributed by atoms with Crippen molar-refractivity contribution >= 4 is 26.6 Å². The van der Waals surface area contributed by atoms with Crippen LogP contribution in [0, 0.1) is 17.2 Å². The van der Waals surface area contributed by atoms with E-state index in [0.29, 0.717) is 17.2 Å². The van der Waals surface area contributed by atoms with E-state index in [1.807, 2.05) is 30.5 Å². The Hall–Kier alpha value is -2.78. The van der Waals surface area contributed by atoms with E-state index in [9.17, 15) is 8.42 Å². The van der Waals surface area contributed by atoms with Gasteiger partial charge in [-0.05, 0) is 54.4 Å². The lowest BCUT2D eigenvalue weighted by atomic mass is 10.2. The van der Waals surface area contributed by atoms with Gasteiger partial charge in [0, 0.05) is 29.3 Å². The van der Waals surface area contributed by atoms with Gasteiger partial charge in [0.15, 0.2) is 0 Å². The fourth-order valence-corrected chi connectivity index (χ4v) is 3.79. The molecule has 2 aromatic carbocycles. The summed E-state index contributed by atoms with van der Waals surface area (Å²) in [7, 11) is -3.69. The molecule has 5 nitrogen and oxygen atoms in total. The zero-order chi connectivity index (χ0) is 18.0.